The normalized spacial score (nSPS) is 11.6. The molecule has 0 aromatic carbocycles. The smallest absolute Gasteiger partial charge is 0.382 e. The number of nitrogens with one attached hydrogen (secondary N) is 2. The maximum atomic E-state index is 11.8. The van der Waals surface area contributed by atoms with Crippen LogP contribution in [-0.2, 0) is 14.3 Å². The maximum absolute atomic E-state index is 11.8. The zero-order chi connectivity index (χ0) is 14.6. The van der Waals surface area contributed by atoms with Crippen molar-refractivity contribution >= 4 is 5.91 Å². The minimum Gasteiger partial charge on any atom is -0.382 e. The molecule has 19 heavy (non-hydrogen) atoms. The van der Waals surface area contributed by atoms with Crippen molar-refractivity contribution in [1.29, 1.82) is 0 Å². The van der Waals surface area contributed by atoms with Gasteiger partial charge in [0.15, 0.2) is 0 Å². The van der Waals surface area contributed by atoms with Gasteiger partial charge in [-0.15, -0.1) is 0 Å². The number of hydrogen-bond donors (Lipinski definition) is 2. The third-order valence-electron chi connectivity index (χ3n) is 2.08. The first-order chi connectivity index (χ1) is 8.95. The molecule has 0 aliphatic carbocycles. The van der Waals surface area contributed by atoms with Gasteiger partial charge < -0.3 is 20.1 Å². The lowest BCUT2D eigenvalue weighted by Gasteiger charge is -2.08. The van der Waals surface area contributed by atoms with E-state index >= 15 is 0 Å². The van der Waals surface area contributed by atoms with Crippen molar-refractivity contribution in [3.8, 4) is 0 Å². The van der Waals surface area contributed by atoms with Gasteiger partial charge in [-0.1, -0.05) is 0 Å². The van der Waals surface area contributed by atoms with Gasteiger partial charge in [0.2, 0.25) is 5.91 Å². The van der Waals surface area contributed by atoms with Crippen molar-refractivity contribution < 1.29 is 27.4 Å². The topological polar surface area (TPSA) is 59.6 Å². The number of alkyl halides is 3. The Hall–Kier alpha value is -0.860. The summed E-state index contributed by atoms with van der Waals surface area (Å²) in [4.78, 5) is 11.1. The molecular formula is C11H21F3N2O3. The molecule has 0 radical (unpaired) electrons. The predicted octanol–water partition coefficient (Wildman–Crippen LogP) is 0.698. The number of ether oxygens (including phenoxy) is 2. The average Bonchev–Trinajstić information content (AvgIpc) is 2.31. The van der Waals surface area contributed by atoms with Crippen LogP contribution in [0.3, 0.4) is 0 Å². The number of halogens is 3. The summed E-state index contributed by atoms with van der Waals surface area (Å²) in [6, 6.07) is 0. The number of unbranched alkanes of at least 4 members (excludes halogenated alkanes) is 1. The Bertz CT molecular complexity index is 238. The van der Waals surface area contributed by atoms with Crippen LogP contribution in [0.2, 0.25) is 0 Å². The number of methoxy groups -OCH3 is 1. The molecule has 0 fully saturated rings. The standard InChI is InChI=1S/C11H21F3N2O3/c1-18-6-7-19-5-3-2-4-16-10(17)8-15-9-11(12,13)14/h15H,2-9H2,1H3,(H,16,17). The average molecular weight is 286 g/mol. The molecule has 0 bridgehead atoms. The van der Waals surface area contributed by atoms with E-state index in [0.29, 0.717) is 26.4 Å². The molecular weight excluding hydrogens is 265 g/mol. The summed E-state index contributed by atoms with van der Waals surface area (Å²) < 4.78 is 45.3. The Labute approximate surface area is 110 Å². The van der Waals surface area contributed by atoms with Gasteiger partial charge in [0, 0.05) is 20.3 Å². The molecule has 0 aromatic heterocycles. The van der Waals surface area contributed by atoms with E-state index in [2.05, 4.69) is 5.32 Å². The lowest BCUT2D eigenvalue weighted by molar-refractivity contribution is -0.128. The van der Waals surface area contributed by atoms with Crippen LogP contribution in [0.4, 0.5) is 13.2 Å². The van der Waals surface area contributed by atoms with Crippen LogP contribution in [0.15, 0.2) is 0 Å². The maximum Gasteiger partial charge on any atom is 0.401 e. The first-order valence-electron chi connectivity index (χ1n) is 6.06. The van der Waals surface area contributed by atoms with E-state index in [1.165, 1.54) is 0 Å². The van der Waals surface area contributed by atoms with E-state index in [1.54, 1.807) is 7.11 Å². The van der Waals surface area contributed by atoms with Crippen LogP contribution in [-0.4, -0.2) is 58.6 Å². The molecule has 0 unspecified atom stereocenters. The monoisotopic (exact) mass is 286 g/mol. The second-order valence-electron chi connectivity index (χ2n) is 3.88. The van der Waals surface area contributed by atoms with E-state index in [0.717, 1.165) is 12.8 Å². The van der Waals surface area contributed by atoms with Crippen molar-refractivity contribution in [1.82, 2.24) is 10.6 Å². The summed E-state index contributed by atoms with van der Waals surface area (Å²) in [5.41, 5.74) is 0. The zero-order valence-corrected chi connectivity index (χ0v) is 11.0. The molecule has 1 amide bonds. The number of carbonyl (C=O) groups is 1. The Morgan fingerprint density at radius 2 is 1.89 bits per heavy atom. The molecule has 0 atom stereocenters. The zero-order valence-electron chi connectivity index (χ0n) is 11.0. The van der Waals surface area contributed by atoms with E-state index in [4.69, 9.17) is 9.47 Å². The van der Waals surface area contributed by atoms with E-state index in [9.17, 15) is 18.0 Å². The minimum atomic E-state index is -4.29. The molecule has 0 heterocycles. The van der Waals surface area contributed by atoms with Gasteiger partial charge >= 0.3 is 6.18 Å². The summed E-state index contributed by atoms with van der Waals surface area (Å²) in [5.74, 6) is -0.440. The molecule has 0 aromatic rings. The molecule has 0 aliphatic rings. The third-order valence-corrected chi connectivity index (χ3v) is 2.08. The summed E-state index contributed by atoms with van der Waals surface area (Å²) in [6.07, 6.45) is -2.79. The van der Waals surface area contributed by atoms with Crippen LogP contribution in [0.25, 0.3) is 0 Å². The highest BCUT2D eigenvalue weighted by Crippen LogP contribution is 2.11. The van der Waals surface area contributed by atoms with Gasteiger partial charge in [-0.05, 0) is 12.8 Å². The first-order valence-corrected chi connectivity index (χ1v) is 6.06. The predicted molar refractivity (Wildman–Crippen MR) is 63.9 cm³/mol. The van der Waals surface area contributed by atoms with E-state index in [1.807, 2.05) is 5.32 Å². The van der Waals surface area contributed by atoms with Gasteiger partial charge in [0.25, 0.3) is 0 Å². The largest absolute Gasteiger partial charge is 0.401 e. The molecule has 114 valence electrons. The van der Waals surface area contributed by atoms with Crippen molar-refractivity contribution in [2.24, 2.45) is 0 Å². The van der Waals surface area contributed by atoms with Gasteiger partial charge in [-0.2, -0.15) is 13.2 Å². The van der Waals surface area contributed by atoms with Crippen LogP contribution in [0.5, 0.6) is 0 Å². The Morgan fingerprint density at radius 1 is 1.16 bits per heavy atom. The molecule has 2 N–H and O–H groups in total. The van der Waals surface area contributed by atoms with Gasteiger partial charge in [0.1, 0.15) is 0 Å². The van der Waals surface area contributed by atoms with Crippen molar-refractivity contribution in [2.75, 3.05) is 46.6 Å². The molecule has 8 heteroatoms. The summed E-state index contributed by atoms with van der Waals surface area (Å²) in [5, 5.41) is 4.55. The Balaban J connectivity index is 3.25. The Morgan fingerprint density at radius 3 is 2.53 bits per heavy atom. The number of rotatable bonds is 11. The van der Waals surface area contributed by atoms with Crippen molar-refractivity contribution in [2.45, 2.75) is 19.0 Å². The first kappa shape index (κ1) is 18.1. The fraction of sp³-hybridized carbons (Fsp3) is 0.909. The quantitative estimate of drug-likeness (QED) is 0.549. The lowest BCUT2D eigenvalue weighted by Crippen LogP contribution is -2.38. The lowest BCUT2D eigenvalue weighted by atomic mass is 10.3. The molecule has 0 aliphatic heterocycles. The molecule has 0 saturated carbocycles. The summed E-state index contributed by atoms with van der Waals surface area (Å²) >= 11 is 0. The fourth-order valence-electron chi connectivity index (χ4n) is 1.18. The number of carbonyl (C=O) groups excluding carboxylic acids is 1. The van der Waals surface area contributed by atoms with Crippen LogP contribution < -0.4 is 10.6 Å². The molecule has 5 nitrogen and oxygen atoms in total. The van der Waals surface area contributed by atoms with Gasteiger partial charge in [0.05, 0.1) is 26.3 Å². The highest BCUT2D eigenvalue weighted by Gasteiger charge is 2.26. The minimum absolute atomic E-state index is 0.330. The van der Waals surface area contributed by atoms with Crippen LogP contribution in [0.1, 0.15) is 12.8 Å². The van der Waals surface area contributed by atoms with Crippen LogP contribution >= 0.6 is 0 Å². The van der Waals surface area contributed by atoms with E-state index in [-0.39, 0.29) is 6.54 Å². The number of amides is 1. The third kappa shape index (κ3) is 15.1. The second-order valence-corrected chi connectivity index (χ2v) is 3.88. The fourth-order valence-corrected chi connectivity index (χ4v) is 1.18. The summed E-state index contributed by atoms with van der Waals surface area (Å²) in [6.45, 7) is 0.592. The van der Waals surface area contributed by atoms with Gasteiger partial charge in [-0.25, -0.2) is 0 Å². The Kier molecular flexibility index (Phi) is 10.5. The molecule has 0 rings (SSSR count). The highest BCUT2D eigenvalue weighted by atomic mass is 19.4. The highest BCUT2D eigenvalue weighted by molar-refractivity contribution is 5.77. The SMILES string of the molecule is COCCOCCCCNC(=O)CNCC(F)(F)F. The van der Waals surface area contributed by atoms with E-state index < -0.39 is 18.6 Å². The molecule has 0 saturated heterocycles. The number of hydrogen-bond acceptors (Lipinski definition) is 4. The summed E-state index contributed by atoms with van der Waals surface area (Å²) in [7, 11) is 1.59. The van der Waals surface area contributed by atoms with Crippen LogP contribution in [0, 0.1) is 0 Å². The van der Waals surface area contributed by atoms with Crippen molar-refractivity contribution in [3.63, 3.8) is 0 Å². The van der Waals surface area contributed by atoms with Gasteiger partial charge in [-0.3, -0.25) is 4.79 Å². The van der Waals surface area contributed by atoms with Crippen molar-refractivity contribution in [3.05, 3.63) is 0 Å². The second kappa shape index (κ2) is 11.0. The molecule has 0 spiro atoms.